The lowest BCUT2D eigenvalue weighted by Gasteiger charge is -2.13. The normalized spacial score (nSPS) is 12.6. The molecule has 25 heavy (non-hydrogen) atoms. The van der Waals surface area contributed by atoms with Crippen molar-refractivity contribution in [3.05, 3.63) is 51.5 Å². The van der Waals surface area contributed by atoms with Gasteiger partial charge in [0.15, 0.2) is 5.69 Å². The number of hydrogen-bond acceptors (Lipinski definition) is 4. The van der Waals surface area contributed by atoms with Crippen molar-refractivity contribution >= 4 is 31.9 Å². The third kappa shape index (κ3) is 3.75. The highest BCUT2D eigenvalue weighted by molar-refractivity contribution is 9.10. The maximum Gasteiger partial charge on any atom is 0.435 e. The van der Waals surface area contributed by atoms with Gasteiger partial charge in [-0.25, -0.2) is 4.39 Å². The molecule has 0 N–H and O–H groups in total. The monoisotopic (exact) mass is 443 g/mol. The van der Waals surface area contributed by atoms with E-state index in [4.69, 9.17) is 0 Å². The Hall–Kier alpha value is -1.79. The Balaban J connectivity index is 2.73. The van der Waals surface area contributed by atoms with Crippen LogP contribution in [-0.2, 0) is 16.4 Å². The van der Waals surface area contributed by atoms with Gasteiger partial charge in [0.05, 0.1) is 5.56 Å². The molecule has 2 aromatic rings. The van der Waals surface area contributed by atoms with Gasteiger partial charge in [0, 0.05) is 24.6 Å². The zero-order valence-corrected chi connectivity index (χ0v) is 15.1. The predicted octanol–water partition coefficient (Wildman–Crippen LogP) is 2.69. The van der Waals surface area contributed by atoms with Gasteiger partial charge in [-0.2, -0.15) is 31.0 Å². The molecule has 0 aliphatic carbocycles. The van der Waals surface area contributed by atoms with Crippen molar-refractivity contribution in [2.75, 3.05) is 14.1 Å². The molecular weight excluding hydrogens is 434 g/mol. The van der Waals surface area contributed by atoms with Crippen molar-refractivity contribution in [2.24, 2.45) is 0 Å². The molecule has 0 aliphatic rings. The van der Waals surface area contributed by atoms with Crippen LogP contribution in [0.5, 0.6) is 0 Å². The van der Waals surface area contributed by atoms with E-state index in [-0.39, 0.29) is 14.6 Å². The minimum atomic E-state index is -4.99. The van der Waals surface area contributed by atoms with Crippen LogP contribution in [0.25, 0.3) is 0 Å². The van der Waals surface area contributed by atoms with Crippen molar-refractivity contribution in [3.8, 4) is 0 Å². The molecule has 0 saturated heterocycles. The van der Waals surface area contributed by atoms with Crippen molar-refractivity contribution in [2.45, 2.75) is 6.18 Å². The van der Waals surface area contributed by atoms with Crippen molar-refractivity contribution in [1.29, 1.82) is 0 Å². The molecule has 0 aliphatic heterocycles. The van der Waals surface area contributed by atoms with E-state index in [0.717, 1.165) is 26.2 Å². The SMILES string of the molecule is CN(C)S(=O)(=O)n1nc(C(F)(F)F)cc1C(=O)c1cc(Br)ccc1F. The predicted molar refractivity (Wildman–Crippen MR) is 82.8 cm³/mol. The summed E-state index contributed by atoms with van der Waals surface area (Å²) in [5.41, 5.74) is -3.12. The summed E-state index contributed by atoms with van der Waals surface area (Å²) in [7, 11) is -2.43. The molecular formula is C13H10BrF4N3O3S. The van der Waals surface area contributed by atoms with Crippen LogP contribution in [0, 0.1) is 5.82 Å². The van der Waals surface area contributed by atoms with Crippen LogP contribution in [0.4, 0.5) is 17.6 Å². The molecule has 6 nitrogen and oxygen atoms in total. The van der Waals surface area contributed by atoms with Gasteiger partial charge in [-0.05, 0) is 18.2 Å². The fourth-order valence-corrected chi connectivity index (χ4v) is 3.04. The van der Waals surface area contributed by atoms with E-state index in [1.165, 1.54) is 6.07 Å². The summed E-state index contributed by atoms with van der Waals surface area (Å²) in [4.78, 5) is 12.5. The summed E-state index contributed by atoms with van der Waals surface area (Å²) in [5, 5.41) is 2.98. The minimum Gasteiger partial charge on any atom is -0.287 e. The molecule has 1 heterocycles. The van der Waals surface area contributed by atoms with Crippen molar-refractivity contribution in [1.82, 2.24) is 13.5 Å². The van der Waals surface area contributed by atoms with E-state index in [9.17, 15) is 30.8 Å². The summed E-state index contributed by atoms with van der Waals surface area (Å²) < 4.78 is 77.8. The summed E-state index contributed by atoms with van der Waals surface area (Å²) >= 11 is 3.01. The number of carbonyl (C=O) groups is 1. The smallest absolute Gasteiger partial charge is 0.287 e. The summed E-state index contributed by atoms with van der Waals surface area (Å²) in [6.07, 6.45) is -4.99. The summed E-state index contributed by atoms with van der Waals surface area (Å²) in [6.45, 7) is 0. The van der Waals surface area contributed by atoms with Gasteiger partial charge in [-0.15, -0.1) is 4.09 Å². The quantitative estimate of drug-likeness (QED) is 0.537. The number of nitrogens with zero attached hydrogens (tertiary/aromatic N) is 3. The second kappa shape index (κ2) is 6.50. The number of rotatable bonds is 4. The van der Waals surface area contributed by atoms with E-state index in [1.807, 2.05) is 0 Å². The van der Waals surface area contributed by atoms with Gasteiger partial charge in [0.1, 0.15) is 11.5 Å². The minimum absolute atomic E-state index is 0.0570. The lowest BCUT2D eigenvalue weighted by Crippen LogP contribution is -2.32. The molecule has 136 valence electrons. The number of benzene rings is 1. The maximum atomic E-state index is 13.9. The third-order valence-corrected chi connectivity index (χ3v) is 5.19. The first kappa shape index (κ1) is 19.5. The third-order valence-electron chi connectivity index (χ3n) is 3.05. The second-order valence-electron chi connectivity index (χ2n) is 5.00. The highest BCUT2D eigenvalue weighted by Gasteiger charge is 2.38. The Morgan fingerprint density at radius 3 is 2.36 bits per heavy atom. The molecule has 0 bridgehead atoms. The fraction of sp³-hybridized carbons (Fsp3) is 0.231. The van der Waals surface area contributed by atoms with Gasteiger partial charge >= 0.3 is 16.4 Å². The average molecular weight is 444 g/mol. The maximum absolute atomic E-state index is 13.9. The lowest BCUT2D eigenvalue weighted by atomic mass is 10.1. The van der Waals surface area contributed by atoms with Crippen LogP contribution in [0.3, 0.4) is 0 Å². The molecule has 2 rings (SSSR count). The van der Waals surface area contributed by atoms with E-state index in [1.54, 1.807) is 0 Å². The van der Waals surface area contributed by atoms with Crippen LogP contribution in [0.2, 0.25) is 0 Å². The lowest BCUT2D eigenvalue weighted by molar-refractivity contribution is -0.141. The fourth-order valence-electron chi connectivity index (χ4n) is 1.80. The molecule has 0 atom stereocenters. The largest absolute Gasteiger partial charge is 0.435 e. The number of ketones is 1. The van der Waals surface area contributed by atoms with Gasteiger partial charge < -0.3 is 0 Å². The molecule has 1 aromatic carbocycles. The van der Waals surface area contributed by atoms with Gasteiger partial charge in [-0.1, -0.05) is 15.9 Å². The average Bonchev–Trinajstić information content (AvgIpc) is 2.95. The van der Waals surface area contributed by atoms with Gasteiger partial charge in [0.25, 0.3) is 0 Å². The van der Waals surface area contributed by atoms with Crippen LogP contribution in [0.15, 0.2) is 28.7 Å². The second-order valence-corrected chi connectivity index (χ2v) is 7.89. The molecule has 0 saturated carbocycles. The first-order valence-corrected chi connectivity index (χ1v) is 8.64. The molecule has 1 aromatic heterocycles. The Bertz CT molecular complexity index is 938. The number of halogens is 5. The standard InChI is InChI=1S/C13H10BrF4N3O3S/c1-20(2)25(23,24)21-10(6-11(19-21)13(16,17)18)12(22)8-5-7(14)3-4-9(8)15/h3-6H,1-2H3. The molecule has 0 spiro atoms. The Morgan fingerprint density at radius 1 is 1.24 bits per heavy atom. The van der Waals surface area contributed by atoms with E-state index in [2.05, 4.69) is 21.0 Å². The Labute approximate surface area is 148 Å². The zero-order valence-electron chi connectivity index (χ0n) is 12.7. The molecule has 0 amide bonds. The molecule has 0 unspecified atom stereocenters. The highest BCUT2D eigenvalue weighted by atomic mass is 79.9. The van der Waals surface area contributed by atoms with Crippen LogP contribution in [-0.4, -0.2) is 41.8 Å². The van der Waals surface area contributed by atoms with E-state index < -0.39 is 44.9 Å². The van der Waals surface area contributed by atoms with Crippen molar-refractivity contribution < 1.29 is 30.8 Å². The van der Waals surface area contributed by atoms with Crippen molar-refractivity contribution in [3.63, 3.8) is 0 Å². The van der Waals surface area contributed by atoms with Crippen LogP contribution < -0.4 is 0 Å². The highest BCUT2D eigenvalue weighted by Crippen LogP contribution is 2.30. The van der Waals surface area contributed by atoms with E-state index in [0.29, 0.717) is 4.31 Å². The molecule has 0 fully saturated rings. The molecule has 12 heteroatoms. The van der Waals surface area contributed by atoms with Gasteiger partial charge in [0.2, 0.25) is 5.78 Å². The topological polar surface area (TPSA) is 72.3 Å². The van der Waals surface area contributed by atoms with Crippen LogP contribution >= 0.6 is 15.9 Å². The molecule has 0 radical (unpaired) electrons. The number of hydrogen-bond donors (Lipinski definition) is 0. The first-order valence-electron chi connectivity index (χ1n) is 6.45. The number of aromatic nitrogens is 2. The Morgan fingerprint density at radius 2 is 1.84 bits per heavy atom. The Kier molecular flexibility index (Phi) is 5.08. The summed E-state index contributed by atoms with van der Waals surface area (Å²) in [5.74, 6) is -2.27. The van der Waals surface area contributed by atoms with Gasteiger partial charge in [-0.3, -0.25) is 4.79 Å². The first-order chi connectivity index (χ1) is 11.4. The van der Waals surface area contributed by atoms with Crippen LogP contribution in [0.1, 0.15) is 21.7 Å². The number of carbonyl (C=O) groups excluding carboxylic acids is 1. The zero-order chi connectivity index (χ0) is 19.2. The van der Waals surface area contributed by atoms with E-state index >= 15 is 0 Å². The summed E-state index contributed by atoms with van der Waals surface area (Å²) in [6, 6.07) is 3.50. The number of alkyl halides is 3.